The summed E-state index contributed by atoms with van der Waals surface area (Å²) in [5, 5.41) is 1.91. The summed E-state index contributed by atoms with van der Waals surface area (Å²) < 4.78 is 15.8. The number of hydrogen-bond donors (Lipinski definition) is 2. The van der Waals surface area contributed by atoms with Gasteiger partial charge >= 0.3 is 5.97 Å². The molecule has 2 aromatic carbocycles. The Bertz CT molecular complexity index is 1170. The molecular formula is C21H20N2O4. The standard InChI is InChI=1S/C21H20N2O4/c1-11-5-6-12-8-16(22-14(12)7-11)19-13-9-17(25-2)18(26-3)10-15(13)23-20(19)21(24)27-4/h5-10,22-23H,1-4H3. The Morgan fingerprint density at radius 2 is 1.63 bits per heavy atom. The van der Waals surface area contributed by atoms with Gasteiger partial charge in [-0.05, 0) is 30.7 Å². The molecular weight excluding hydrogens is 344 g/mol. The molecule has 6 nitrogen and oxygen atoms in total. The highest BCUT2D eigenvalue weighted by atomic mass is 16.5. The Labute approximate surface area is 156 Å². The first-order valence-corrected chi connectivity index (χ1v) is 8.51. The van der Waals surface area contributed by atoms with E-state index in [4.69, 9.17) is 14.2 Å². The number of fused-ring (bicyclic) bond motifs is 2. The third-order valence-electron chi connectivity index (χ3n) is 4.74. The van der Waals surface area contributed by atoms with E-state index in [1.54, 1.807) is 14.2 Å². The number of aromatic amines is 2. The molecule has 4 rings (SSSR count). The second-order valence-corrected chi connectivity index (χ2v) is 6.39. The van der Waals surface area contributed by atoms with Crippen LogP contribution in [0.3, 0.4) is 0 Å². The zero-order valence-electron chi connectivity index (χ0n) is 15.6. The minimum absolute atomic E-state index is 0.381. The van der Waals surface area contributed by atoms with Crippen LogP contribution in [0, 0.1) is 6.92 Å². The number of carbonyl (C=O) groups is 1. The van der Waals surface area contributed by atoms with Gasteiger partial charge in [-0.3, -0.25) is 0 Å². The number of benzene rings is 2. The highest BCUT2D eigenvalue weighted by molar-refractivity contribution is 6.09. The maximum Gasteiger partial charge on any atom is 0.355 e. The number of aromatic nitrogens is 2. The molecule has 0 amide bonds. The van der Waals surface area contributed by atoms with Crippen molar-refractivity contribution in [2.75, 3.05) is 21.3 Å². The number of carbonyl (C=O) groups excluding carboxylic acids is 1. The summed E-state index contributed by atoms with van der Waals surface area (Å²) >= 11 is 0. The Morgan fingerprint density at radius 3 is 2.33 bits per heavy atom. The van der Waals surface area contributed by atoms with Crippen LogP contribution in [0.25, 0.3) is 33.1 Å². The lowest BCUT2D eigenvalue weighted by Crippen LogP contribution is -2.03. The molecule has 0 radical (unpaired) electrons. The summed E-state index contributed by atoms with van der Waals surface area (Å²) in [7, 11) is 4.53. The lowest BCUT2D eigenvalue weighted by atomic mass is 10.1. The predicted octanol–water partition coefficient (Wildman–Crippen LogP) is 4.43. The average molecular weight is 364 g/mol. The number of H-pyrrole nitrogens is 2. The first kappa shape index (κ1) is 17.0. The minimum atomic E-state index is -0.436. The first-order chi connectivity index (χ1) is 13.0. The Balaban J connectivity index is 2.04. The fourth-order valence-corrected chi connectivity index (χ4v) is 3.43. The van der Waals surface area contributed by atoms with Gasteiger partial charge in [0.1, 0.15) is 5.69 Å². The van der Waals surface area contributed by atoms with Crippen LogP contribution in [0.5, 0.6) is 11.5 Å². The molecule has 0 fully saturated rings. The van der Waals surface area contributed by atoms with Crippen molar-refractivity contribution in [1.29, 1.82) is 0 Å². The highest BCUT2D eigenvalue weighted by Crippen LogP contribution is 2.39. The van der Waals surface area contributed by atoms with E-state index in [0.717, 1.165) is 38.6 Å². The Morgan fingerprint density at radius 1 is 0.889 bits per heavy atom. The second-order valence-electron chi connectivity index (χ2n) is 6.39. The van der Waals surface area contributed by atoms with Crippen LogP contribution in [0.15, 0.2) is 36.4 Å². The molecule has 0 spiro atoms. The molecule has 0 saturated heterocycles. The molecule has 0 aliphatic carbocycles. The second kappa shape index (κ2) is 6.39. The average Bonchev–Trinajstić information content (AvgIpc) is 3.25. The van der Waals surface area contributed by atoms with E-state index < -0.39 is 5.97 Å². The summed E-state index contributed by atoms with van der Waals surface area (Å²) in [6.45, 7) is 2.04. The van der Waals surface area contributed by atoms with E-state index in [0.29, 0.717) is 17.2 Å². The Kier molecular flexibility index (Phi) is 4.03. The zero-order chi connectivity index (χ0) is 19.1. The molecule has 27 heavy (non-hydrogen) atoms. The lowest BCUT2D eigenvalue weighted by Gasteiger charge is -2.07. The van der Waals surface area contributed by atoms with Crippen LogP contribution in [0.2, 0.25) is 0 Å². The molecule has 2 N–H and O–H groups in total. The van der Waals surface area contributed by atoms with Crippen molar-refractivity contribution in [3.63, 3.8) is 0 Å². The first-order valence-electron chi connectivity index (χ1n) is 8.51. The molecule has 0 bridgehead atoms. The van der Waals surface area contributed by atoms with Gasteiger partial charge in [0.25, 0.3) is 0 Å². The number of aryl methyl sites for hydroxylation is 1. The molecule has 4 aromatic rings. The third kappa shape index (κ3) is 2.70. The number of hydrogen-bond acceptors (Lipinski definition) is 4. The van der Waals surface area contributed by atoms with Crippen molar-refractivity contribution in [3.05, 3.63) is 47.7 Å². The molecule has 0 atom stereocenters. The fourth-order valence-electron chi connectivity index (χ4n) is 3.43. The quantitative estimate of drug-likeness (QED) is 0.525. The van der Waals surface area contributed by atoms with Crippen molar-refractivity contribution >= 4 is 27.8 Å². The summed E-state index contributed by atoms with van der Waals surface area (Å²) in [6, 6.07) is 11.9. The number of methoxy groups -OCH3 is 3. The van der Waals surface area contributed by atoms with Gasteiger partial charge in [-0.15, -0.1) is 0 Å². The molecule has 2 aromatic heterocycles. The molecule has 2 heterocycles. The van der Waals surface area contributed by atoms with Crippen LogP contribution in [0.4, 0.5) is 0 Å². The van der Waals surface area contributed by atoms with Gasteiger partial charge in [-0.25, -0.2) is 4.79 Å². The van der Waals surface area contributed by atoms with Crippen molar-refractivity contribution in [3.8, 4) is 22.8 Å². The van der Waals surface area contributed by atoms with Gasteiger partial charge in [-0.1, -0.05) is 12.1 Å². The summed E-state index contributed by atoms with van der Waals surface area (Å²) in [4.78, 5) is 19.0. The van der Waals surface area contributed by atoms with Crippen LogP contribution >= 0.6 is 0 Å². The molecule has 138 valence electrons. The summed E-state index contributed by atoms with van der Waals surface area (Å²) in [6.07, 6.45) is 0. The van der Waals surface area contributed by atoms with Gasteiger partial charge in [0.2, 0.25) is 0 Å². The minimum Gasteiger partial charge on any atom is -0.493 e. The highest BCUT2D eigenvalue weighted by Gasteiger charge is 2.23. The van der Waals surface area contributed by atoms with Crippen LogP contribution in [-0.4, -0.2) is 37.3 Å². The van der Waals surface area contributed by atoms with E-state index in [2.05, 4.69) is 28.2 Å². The van der Waals surface area contributed by atoms with Gasteiger partial charge in [0.15, 0.2) is 11.5 Å². The largest absolute Gasteiger partial charge is 0.493 e. The van der Waals surface area contributed by atoms with Gasteiger partial charge < -0.3 is 24.2 Å². The smallest absolute Gasteiger partial charge is 0.355 e. The monoisotopic (exact) mass is 364 g/mol. The summed E-state index contributed by atoms with van der Waals surface area (Å²) in [5.74, 6) is 0.740. The van der Waals surface area contributed by atoms with E-state index in [9.17, 15) is 4.79 Å². The van der Waals surface area contributed by atoms with Crippen LogP contribution in [-0.2, 0) is 4.74 Å². The van der Waals surface area contributed by atoms with Crippen LogP contribution in [0.1, 0.15) is 16.1 Å². The third-order valence-corrected chi connectivity index (χ3v) is 4.74. The van der Waals surface area contributed by atoms with E-state index in [1.165, 1.54) is 7.11 Å². The van der Waals surface area contributed by atoms with Gasteiger partial charge in [0.05, 0.1) is 26.8 Å². The molecule has 0 aliphatic rings. The predicted molar refractivity (Wildman–Crippen MR) is 105 cm³/mol. The number of ether oxygens (including phenoxy) is 3. The maximum atomic E-state index is 12.4. The Hall–Kier alpha value is -3.41. The van der Waals surface area contributed by atoms with Crippen molar-refractivity contribution in [1.82, 2.24) is 9.97 Å². The lowest BCUT2D eigenvalue weighted by molar-refractivity contribution is 0.0596. The number of esters is 1. The maximum absolute atomic E-state index is 12.4. The summed E-state index contributed by atoms with van der Waals surface area (Å²) in [5.41, 5.74) is 4.88. The van der Waals surface area contributed by atoms with E-state index in [-0.39, 0.29) is 0 Å². The van der Waals surface area contributed by atoms with Crippen molar-refractivity contribution < 1.29 is 19.0 Å². The fraction of sp³-hybridized carbons (Fsp3) is 0.190. The van der Waals surface area contributed by atoms with Crippen LogP contribution < -0.4 is 9.47 Å². The SMILES string of the molecule is COC(=O)c1[nH]c2cc(OC)c(OC)cc2c1-c1cc2ccc(C)cc2[nH]1. The van der Waals surface area contributed by atoms with Gasteiger partial charge in [-0.2, -0.15) is 0 Å². The van der Waals surface area contributed by atoms with E-state index >= 15 is 0 Å². The molecule has 0 saturated carbocycles. The number of nitrogens with one attached hydrogen (secondary N) is 2. The normalized spacial score (nSPS) is 11.1. The molecule has 0 unspecified atom stereocenters. The van der Waals surface area contributed by atoms with E-state index in [1.807, 2.05) is 25.1 Å². The van der Waals surface area contributed by atoms with Crippen molar-refractivity contribution in [2.24, 2.45) is 0 Å². The molecule has 6 heteroatoms. The zero-order valence-corrected chi connectivity index (χ0v) is 15.6. The van der Waals surface area contributed by atoms with Gasteiger partial charge in [0, 0.05) is 33.6 Å². The molecule has 0 aliphatic heterocycles. The number of rotatable bonds is 4. The topological polar surface area (TPSA) is 76.3 Å². The van der Waals surface area contributed by atoms with Crippen molar-refractivity contribution in [2.45, 2.75) is 6.92 Å².